The third kappa shape index (κ3) is 5.22. The molecule has 314 valence electrons. The molecule has 0 radical (unpaired) electrons. The number of ether oxygens (including phenoxy) is 6. The first-order valence-corrected chi connectivity index (χ1v) is 21.4. The molecule has 2 fully saturated rings. The summed E-state index contributed by atoms with van der Waals surface area (Å²) in [5, 5.41) is 27.9. The number of carbonyl (C=O) groups excluding carboxylic acids is 2. The molecule has 5 N–H and O–H groups in total. The van der Waals surface area contributed by atoms with Crippen molar-refractivity contribution in [1.29, 1.82) is 5.26 Å². The van der Waals surface area contributed by atoms with Crippen LogP contribution in [-0.2, 0) is 32.7 Å². The van der Waals surface area contributed by atoms with Crippen LogP contribution in [0.5, 0.6) is 34.5 Å². The zero-order chi connectivity index (χ0) is 42.0. The highest BCUT2D eigenvalue weighted by molar-refractivity contribution is 7.99. The fourth-order valence-corrected chi connectivity index (χ4v) is 13.0. The molecule has 9 heterocycles. The summed E-state index contributed by atoms with van der Waals surface area (Å²) in [6, 6.07) is 8.55. The lowest BCUT2D eigenvalue weighted by atomic mass is 9.76. The number of nitriles is 1. The number of phenolic OH excluding ortho intramolecular Hbond substituents is 1. The van der Waals surface area contributed by atoms with E-state index < -0.39 is 46.4 Å². The van der Waals surface area contributed by atoms with Crippen LogP contribution < -0.4 is 34.7 Å². The second kappa shape index (κ2) is 13.9. The smallest absolute Gasteiger partial charge is 0.333 e. The summed E-state index contributed by atoms with van der Waals surface area (Å²) in [4.78, 5) is 36.5. The van der Waals surface area contributed by atoms with Crippen molar-refractivity contribution in [1.82, 2.24) is 20.1 Å². The number of benzene rings is 3. The lowest BCUT2D eigenvalue weighted by Gasteiger charge is -2.60. The number of likely N-dealkylation sites (N-methyl/N-ethyl adjacent to an activating group) is 1. The summed E-state index contributed by atoms with van der Waals surface area (Å²) in [5.74, 6) is 1.52. The predicted octanol–water partition coefficient (Wildman–Crippen LogP) is 4.48. The summed E-state index contributed by atoms with van der Waals surface area (Å²) < 4.78 is 36.7. The summed E-state index contributed by atoms with van der Waals surface area (Å²) in [6.45, 7) is 8.12. The topological polar surface area (TPSA) is 194 Å². The van der Waals surface area contributed by atoms with E-state index in [-0.39, 0.29) is 43.9 Å². The first kappa shape index (κ1) is 39.0. The Kier molecular flexibility index (Phi) is 9.05. The number of esters is 2. The minimum Gasteiger partial charge on any atom is -0.504 e. The van der Waals surface area contributed by atoms with E-state index in [0.717, 1.165) is 27.6 Å². The molecule has 60 heavy (non-hydrogen) atoms. The minimum absolute atomic E-state index is 0.0348. The summed E-state index contributed by atoms with van der Waals surface area (Å²) in [6.07, 6.45) is 0.852. The number of phenols is 1. The third-order valence-electron chi connectivity index (χ3n) is 13.7. The molecule has 16 heteroatoms. The Balaban J connectivity index is 1.27. The van der Waals surface area contributed by atoms with E-state index >= 15 is 4.79 Å². The van der Waals surface area contributed by atoms with Gasteiger partial charge in [-0.3, -0.25) is 19.9 Å². The Morgan fingerprint density at radius 2 is 1.92 bits per heavy atom. The van der Waals surface area contributed by atoms with E-state index in [1.807, 2.05) is 38.1 Å². The van der Waals surface area contributed by atoms with Gasteiger partial charge in [-0.05, 0) is 61.7 Å². The first-order valence-electron chi connectivity index (χ1n) is 20.4. The molecular weight excluding hydrogens is 789 g/mol. The molecular formula is C44H48N6O9S. The van der Waals surface area contributed by atoms with Gasteiger partial charge in [0.25, 0.3) is 0 Å². The molecule has 0 saturated carbocycles. The standard InChI is InChI=1S/C44H48N6O9S/c1-7-49-17-43(16-46)13-23-10-20(2)36(55-6)35(52)30(23)33(49)34-40-32-31(39-38(57-19-58-39)21(3)37(32)59-22(4)51)29(50(34)43)15-56-42(53)44(18-60-40)41-27(11-24(14-45)48-44)26-12-25(54-5)8-9-28(26)47-41/h8-10,12,24,29,33-34,40,47-48,52H,7,11,13-15,17-19,45H2,1-6H3/t24-,29+,33+,34-,40-,43?,44-/m1/s1. The Morgan fingerprint density at radius 1 is 1.12 bits per heavy atom. The maximum atomic E-state index is 15.2. The quantitative estimate of drug-likeness (QED) is 0.162. The number of thioether (sulfide) groups is 1. The van der Waals surface area contributed by atoms with Crippen LogP contribution in [0.4, 0.5) is 0 Å². The number of aromatic amines is 1. The number of aromatic hydroxyl groups is 1. The maximum Gasteiger partial charge on any atom is 0.333 e. The Hall–Kier alpha value is -5.18. The lowest BCUT2D eigenvalue weighted by Crippen LogP contribution is -2.70. The number of carbonyl (C=O) groups is 2. The van der Waals surface area contributed by atoms with Crippen LogP contribution in [-0.4, -0.2) is 102 Å². The molecule has 8 atom stereocenters. The fourth-order valence-electron chi connectivity index (χ4n) is 11.3. The number of nitrogens with two attached hydrogens (primary N) is 1. The van der Waals surface area contributed by atoms with Gasteiger partial charge in [-0.15, -0.1) is 11.8 Å². The Labute approximate surface area is 351 Å². The lowest BCUT2D eigenvalue weighted by molar-refractivity contribution is -0.159. The number of aryl methyl sites for hydroxylation is 1. The number of aromatic nitrogens is 1. The Bertz CT molecular complexity index is 2560. The molecule has 1 aromatic heterocycles. The maximum absolute atomic E-state index is 15.2. The number of rotatable bonds is 5. The van der Waals surface area contributed by atoms with Crippen molar-refractivity contribution in [3.63, 3.8) is 0 Å². The highest BCUT2D eigenvalue weighted by Gasteiger charge is 2.65. The molecule has 4 aromatic rings. The molecule has 3 aromatic carbocycles. The average Bonchev–Trinajstić information content (AvgIpc) is 3.82. The van der Waals surface area contributed by atoms with Gasteiger partial charge in [-0.25, -0.2) is 4.79 Å². The zero-order valence-electron chi connectivity index (χ0n) is 34.4. The molecule has 1 spiro atoms. The highest BCUT2D eigenvalue weighted by atomic mass is 32.2. The van der Waals surface area contributed by atoms with Crippen molar-refractivity contribution in [2.24, 2.45) is 5.73 Å². The van der Waals surface area contributed by atoms with E-state index in [2.05, 4.69) is 33.1 Å². The van der Waals surface area contributed by atoms with Gasteiger partial charge >= 0.3 is 11.9 Å². The van der Waals surface area contributed by atoms with Gasteiger partial charge in [-0.2, -0.15) is 5.26 Å². The fraction of sp³-hybridized carbons (Fsp3) is 0.477. The predicted molar refractivity (Wildman–Crippen MR) is 221 cm³/mol. The molecule has 0 amide bonds. The van der Waals surface area contributed by atoms with Crippen LogP contribution in [0.3, 0.4) is 0 Å². The summed E-state index contributed by atoms with van der Waals surface area (Å²) in [5.41, 5.74) is 10.6. The van der Waals surface area contributed by atoms with Gasteiger partial charge in [0, 0.05) is 77.4 Å². The largest absolute Gasteiger partial charge is 0.504 e. The number of methoxy groups -OCH3 is 2. The third-order valence-corrected chi connectivity index (χ3v) is 15.1. The van der Waals surface area contributed by atoms with E-state index in [4.69, 9.17) is 34.2 Å². The van der Waals surface area contributed by atoms with Gasteiger partial charge in [0.1, 0.15) is 23.6 Å². The van der Waals surface area contributed by atoms with Gasteiger partial charge in [0.15, 0.2) is 28.5 Å². The number of H-pyrrole nitrogens is 1. The van der Waals surface area contributed by atoms with E-state index in [1.165, 1.54) is 18.7 Å². The van der Waals surface area contributed by atoms with E-state index in [9.17, 15) is 15.2 Å². The first-order chi connectivity index (χ1) is 28.9. The molecule has 8 aliphatic rings. The number of hydrogen-bond acceptors (Lipinski definition) is 15. The van der Waals surface area contributed by atoms with Crippen molar-refractivity contribution in [2.45, 2.75) is 81.0 Å². The van der Waals surface area contributed by atoms with Crippen molar-refractivity contribution in [3.05, 3.63) is 68.9 Å². The second-order valence-corrected chi connectivity index (χ2v) is 17.9. The second-order valence-electron chi connectivity index (χ2n) is 16.7. The van der Waals surface area contributed by atoms with Gasteiger partial charge in [-0.1, -0.05) is 13.0 Å². The van der Waals surface area contributed by atoms with Crippen molar-refractivity contribution in [2.75, 3.05) is 53.0 Å². The number of nitrogens with zero attached hydrogens (tertiary/aromatic N) is 3. The van der Waals surface area contributed by atoms with Gasteiger partial charge in [0.05, 0.1) is 43.3 Å². The minimum atomic E-state index is -1.40. The van der Waals surface area contributed by atoms with Crippen LogP contribution in [0.2, 0.25) is 0 Å². The van der Waals surface area contributed by atoms with Crippen molar-refractivity contribution in [3.8, 4) is 40.6 Å². The molecule has 2 saturated heterocycles. The molecule has 8 aliphatic heterocycles. The number of hydrogen-bond donors (Lipinski definition) is 4. The molecule has 0 aliphatic carbocycles. The average molecular weight is 837 g/mol. The summed E-state index contributed by atoms with van der Waals surface area (Å²) >= 11 is 1.52. The van der Waals surface area contributed by atoms with Crippen LogP contribution in [0.15, 0.2) is 24.3 Å². The SMILES string of the molecule is CCN1CC2(C#N)Cc3cc(C)c(OC)c(O)c3[C@H]1[C@@H]1[C@@H]3SC[C@]4(N[C@@H](CN)Cc5c4[nH]c4ccc(OC)cc54)C(=O)OC[C@@H](c4c5c(c(C)c(OC(C)=O)c43)OCO5)N12. The molecule has 4 bridgehead atoms. The van der Waals surface area contributed by atoms with Crippen LogP contribution in [0.1, 0.15) is 75.8 Å². The van der Waals surface area contributed by atoms with Crippen molar-refractivity contribution >= 4 is 34.6 Å². The van der Waals surface area contributed by atoms with Gasteiger partial charge in [0.2, 0.25) is 6.79 Å². The van der Waals surface area contributed by atoms with E-state index in [1.54, 1.807) is 14.2 Å². The summed E-state index contributed by atoms with van der Waals surface area (Å²) in [7, 11) is 3.17. The number of piperazine rings is 1. The van der Waals surface area contributed by atoms with Crippen LogP contribution in [0.25, 0.3) is 10.9 Å². The van der Waals surface area contributed by atoms with Crippen LogP contribution >= 0.6 is 11.8 Å². The van der Waals surface area contributed by atoms with Crippen LogP contribution in [0, 0.1) is 25.2 Å². The zero-order valence-corrected chi connectivity index (χ0v) is 35.2. The normalized spacial score (nSPS) is 29.8. The number of fused-ring (bicyclic) bond motifs is 8. The van der Waals surface area contributed by atoms with E-state index in [0.29, 0.717) is 76.2 Å². The molecule has 2 unspecified atom stereocenters. The van der Waals surface area contributed by atoms with Crippen molar-refractivity contribution < 1.29 is 43.1 Å². The number of nitrogens with one attached hydrogen (secondary N) is 2. The highest BCUT2D eigenvalue weighted by Crippen LogP contribution is 2.66. The molecule has 15 nitrogen and oxygen atoms in total. The monoisotopic (exact) mass is 836 g/mol. The molecule has 12 rings (SSSR count). The Morgan fingerprint density at radius 3 is 2.63 bits per heavy atom. The van der Waals surface area contributed by atoms with Gasteiger partial charge < -0.3 is 44.2 Å².